The molecule has 0 bridgehead atoms. The second kappa shape index (κ2) is 12.4. The minimum absolute atomic E-state index is 0.152. The molecule has 1 aliphatic carbocycles. The number of carbonyl (C=O) groups is 2. The number of nitrogens with one attached hydrogen (secondary N) is 1. The number of ether oxygens (including phenoxy) is 1. The van der Waals surface area contributed by atoms with E-state index in [4.69, 9.17) is 9.72 Å². The summed E-state index contributed by atoms with van der Waals surface area (Å²) in [5.41, 5.74) is 4.25. The molecule has 7 heteroatoms. The van der Waals surface area contributed by atoms with Crippen molar-refractivity contribution in [2.24, 2.45) is 0 Å². The van der Waals surface area contributed by atoms with E-state index in [1.807, 2.05) is 54.6 Å². The number of hydrogen-bond acceptors (Lipinski definition) is 4. The highest BCUT2D eigenvalue weighted by molar-refractivity contribution is 5.95. The second-order valence-corrected chi connectivity index (χ2v) is 9.49. The molecule has 1 aromatic heterocycles. The third-order valence-electron chi connectivity index (χ3n) is 6.80. The van der Waals surface area contributed by atoms with Crippen LogP contribution in [0.5, 0.6) is 0 Å². The lowest BCUT2D eigenvalue weighted by Crippen LogP contribution is -2.25. The smallest absolute Gasteiger partial charge is 0.335 e. The van der Waals surface area contributed by atoms with E-state index in [-0.39, 0.29) is 17.5 Å². The Morgan fingerprint density at radius 1 is 1.05 bits per heavy atom. The Balaban J connectivity index is 1.61. The van der Waals surface area contributed by atoms with Crippen LogP contribution in [0.25, 0.3) is 22.4 Å². The molecule has 38 heavy (non-hydrogen) atoms. The Hall–Kier alpha value is -4.13. The average Bonchev–Trinajstić information content (AvgIpc) is 3.15. The van der Waals surface area contributed by atoms with Crippen molar-refractivity contribution < 1.29 is 19.4 Å². The largest absolute Gasteiger partial charge is 0.501 e. The van der Waals surface area contributed by atoms with Crippen LogP contribution in [0.3, 0.4) is 0 Å². The summed E-state index contributed by atoms with van der Waals surface area (Å²) in [6.45, 7) is 4.76. The molecule has 0 spiro atoms. The molecule has 0 atom stereocenters. The lowest BCUT2D eigenvalue weighted by atomic mass is 10.0. The zero-order chi connectivity index (χ0) is 27.1. The summed E-state index contributed by atoms with van der Waals surface area (Å²) >= 11 is 0. The van der Waals surface area contributed by atoms with E-state index in [9.17, 15) is 14.7 Å². The van der Waals surface area contributed by atoms with Crippen molar-refractivity contribution in [3.05, 3.63) is 89.2 Å². The molecule has 0 aliphatic heterocycles. The topological polar surface area (TPSA) is 93.5 Å². The lowest BCUT2D eigenvalue weighted by molar-refractivity contribution is 0.0696. The van der Waals surface area contributed by atoms with Crippen molar-refractivity contribution in [1.82, 2.24) is 14.9 Å². The van der Waals surface area contributed by atoms with Gasteiger partial charge in [-0.15, -0.1) is 0 Å². The molecular formula is C31H35N3O4. The number of carboxylic acid groups (broad SMARTS) is 1. The zero-order valence-electron chi connectivity index (χ0n) is 22.2. The Morgan fingerprint density at radius 3 is 2.42 bits per heavy atom. The number of carboxylic acids is 1. The Morgan fingerprint density at radius 2 is 1.76 bits per heavy atom. The molecule has 0 fully saturated rings. The van der Waals surface area contributed by atoms with Gasteiger partial charge in [0, 0.05) is 30.1 Å². The number of aromatic carboxylic acids is 1. The Bertz CT molecular complexity index is 1390. The number of fused-ring (bicyclic) bond motifs is 1. The fraction of sp³-hybridized carbons (Fsp3) is 0.323. The van der Waals surface area contributed by atoms with Gasteiger partial charge in [0.05, 0.1) is 29.5 Å². The molecule has 0 saturated heterocycles. The maximum atomic E-state index is 12.9. The van der Waals surface area contributed by atoms with Gasteiger partial charge in [-0.1, -0.05) is 57.0 Å². The first-order valence-corrected chi connectivity index (χ1v) is 13.2. The number of nitrogens with zero attached hydrogens (tertiary/aromatic N) is 2. The Labute approximate surface area is 223 Å². The molecule has 0 saturated carbocycles. The summed E-state index contributed by atoms with van der Waals surface area (Å²) in [6, 6.07) is 12.8. The highest BCUT2D eigenvalue weighted by atomic mass is 16.5. The first-order valence-electron chi connectivity index (χ1n) is 13.2. The van der Waals surface area contributed by atoms with E-state index in [2.05, 4.69) is 23.7 Å². The predicted molar refractivity (Wildman–Crippen MR) is 150 cm³/mol. The highest BCUT2D eigenvalue weighted by Gasteiger charge is 2.21. The Kier molecular flexibility index (Phi) is 8.79. The van der Waals surface area contributed by atoms with E-state index in [1.54, 1.807) is 19.2 Å². The summed E-state index contributed by atoms with van der Waals surface area (Å²) in [5, 5.41) is 12.5. The normalized spacial score (nSPS) is 13.3. The summed E-state index contributed by atoms with van der Waals surface area (Å²) in [4.78, 5) is 29.3. The van der Waals surface area contributed by atoms with Crippen LogP contribution in [-0.2, 0) is 4.74 Å². The van der Waals surface area contributed by atoms with Crippen LogP contribution >= 0.6 is 0 Å². The van der Waals surface area contributed by atoms with Gasteiger partial charge < -0.3 is 19.7 Å². The number of rotatable bonds is 11. The number of benzene rings is 2. The van der Waals surface area contributed by atoms with Gasteiger partial charge in [-0.2, -0.15) is 0 Å². The van der Waals surface area contributed by atoms with E-state index in [1.165, 1.54) is 0 Å². The van der Waals surface area contributed by atoms with Crippen LogP contribution in [0, 0.1) is 0 Å². The van der Waals surface area contributed by atoms with Crippen molar-refractivity contribution in [1.29, 1.82) is 0 Å². The molecule has 7 nitrogen and oxygen atoms in total. The van der Waals surface area contributed by atoms with Crippen molar-refractivity contribution in [3.8, 4) is 11.4 Å². The quantitative estimate of drug-likeness (QED) is 0.298. The van der Waals surface area contributed by atoms with Crippen molar-refractivity contribution in [2.45, 2.75) is 52.0 Å². The molecule has 1 aliphatic rings. The average molecular weight is 514 g/mol. The first kappa shape index (κ1) is 26.9. The number of methoxy groups -OCH3 is 1. The molecule has 4 rings (SSSR count). The number of hydrogen-bond donors (Lipinski definition) is 2. The SMILES string of the molecule is CCCC(CCC)n1c(-c2ccc(C(=O)NCC3=CC=C(OC)CC=C3)cc2)nc2cc(C(=O)O)ccc21. The van der Waals surface area contributed by atoms with E-state index in [0.717, 1.165) is 60.3 Å². The van der Waals surface area contributed by atoms with Gasteiger partial charge in [0.25, 0.3) is 5.91 Å². The van der Waals surface area contributed by atoms with Crippen LogP contribution in [0.4, 0.5) is 0 Å². The third-order valence-corrected chi connectivity index (χ3v) is 6.80. The zero-order valence-corrected chi connectivity index (χ0v) is 22.2. The van der Waals surface area contributed by atoms with Crippen LogP contribution in [-0.4, -0.2) is 40.2 Å². The molecule has 0 unspecified atom stereocenters. The van der Waals surface area contributed by atoms with Gasteiger partial charge in [0.1, 0.15) is 5.82 Å². The van der Waals surface area contributed by atoms with E-state index < -0.39 is 5.97 Å². The number of aromatic nitrogens is 2. The van der Waals surface area contributed by atoms with Crippen LogP contribution < -0.4 is 5.32 Å². The summed E-state index contributed by atoms with van der Waals surface area (Å²) in [5.74, 6) is 0.544. The number of allylic oxidation sites excluding steroid dienone is 3. The van der Waals surface area contributed by atoms with Gasteiger partial charge in [-0.3, -0.25) is 4.79 Å². The minimum atomic E-state index is -0.970. The summed E-state index contributed by atoms with van der Waals surface area (Å²) in [6.07, 6.45) is 12.7. The van der Waals surface area contributed by atoms with Crippen molar-refractivity contribution >= 4 is 22.9 Å². The molecule has 2 N–H and O–H groups in total. The van der Waals surface area contributed by atoms with Gasteiger partial charge in [0.2, 0.25) is 0 Å². The van der Waals surface area contributed by atoms with E-state index >= 15 is 0 Å². The van der Waals surface area contributed by atoms with Crippen LogP contribution in [0.2, 0.25) is 0 Å². The van der Waals surface area contributed by atoms with Crippen molar-refractivity contribution in [3.63, 3.8) is 0 Å². The molecule has 0 radical (unpaired) electrons. The van der Waals surface area contributed by atoms with Gasteiger partial charge in [-0.05, 0) is 54.8 Å². The molecular weight excluding hydrogens is 478 g/mol. The third kappa shape index (κ3) is 6.05. The highest BCUT2D eigenvalue weighted by Crippen LogP contribution is 2.33. The molecule has 2 aromatic carbocycles. The fourth-order valence-corrected chi connectivity index (χ4v) is 4.85. The maximum Gasteiger partial charge on any atom is 0.335 e. The number of imidazole rings is 1. The summed E-state index contributed by atoms with van der Waals surface area (Å²) < 4.78 is 7.54. The molecule has 198 valence electrons. The first-order chi connectivity index (χ1) is 18.4. The van der Waals surface area contributed by atoms with Crippen LogP contribution in [0.15, 0.2) is 78.1 Å². The minimum Gasteiger partial charge on any atom is -0.501 e. The fourth-order valence-electron chi connectivity index (χ4n) is 4.85. The molecule has 3 aromatic rings. The number of carbonyl (C=O) groups excluding carboxylic acids is 1. The maximum absolute atomic E-state index is 12.9. The number of amides is 1. The second-order valence-electron chi connectivity index (χ2n) is 9.49. The van der Waals surface area contributed by atoms with Crippen molar-refractivity contribution in [2.75, 3.05) is 13.7 Å². The molecule has 1 amide bonds. The standard InChI is InChI=1S/C31H35N3O4/c1-4-7-25(8-5-2)34-28-18-16-24(31(36)37)19-27(28)33-29(34)22-12-14-23(15-13-22)30(35)32-20-21-9-6-10-26(38-3)17-11-21/h6,9,11-19,25H,4-5,7-8,10,20H2,1-3H3,(H,32,35)(H,36,37). The van der Waals surface area contributed by atoms with Crippen LogP contribution in [0.1, 0.15) is 72.7 Å². The van der Waals surface area contributed by atoms with Gasteiger partial charge >= 0.3 is 5.97 Å². The van der Waals surface area contributed by atoms with Gasteiger partial charge in [-0.25, -0.2) is 9.78 Å². The summed E-state index contributed by atoms with van der Waals surface area (Å²) in [7, 11) is 1.65. The predicted octanol–water partition coefficient (Wildman–Crippen LogP) is 6.69. The van der Waals surface area contributed by atoms with Gasteiger partial charge in [0.15, 0.2) is 0 Å². The molecule has 1 heterocycles. The monoisotopic (exact) mass is 513 g/mol. The lowest BCUT2D eigenvalue weighted by Gasteiger charge is -2.21. The van der Waals surface area contributed by atoms with E-state index in [0.29, 0.717) is 17.6 Å².